The Balaban J connectivity index is 2.73. The molecule has 0 radical (unpaired) electrons. The molecule has 0 fully saturated rings. The van der Waals surface area contributed by atoms with Crippen LogP contribution >= 0.6 is 0 Å². The topological polar surface area (TPSA) is 68.8 Å². The Morgan fingerprint density at radius 2 is 2.55 bits per heavy atom. The van der Waals surface area contributed by atoms with E-state index < -0.39 is 5.97 Å². The molecule has 0 spiro atoms. The van der Waals surface area contributed by atoms with Crippen molar-refractivity contribution in [2.45, 2.75) is 19.8 Å². The van der Waals surface area contributed by atoms with E-state index in [0.717, 1.165) is 18.5 Å². The predicted molar refractivity (Wildman–Crippen MR) is 36.9 cm³/mol. The van der Waals surface area contributed by atoms with Gasteiger partial charge in [-0.25, -0.2) is 0 Å². The molecule has 4 nitrogen and oxygen atoms in total. The fourth-order valence-electron chi connectivity index (χ4n) is 0.864. The van der Waals surface area contributed by atoms with Gasteiger partial charge < -0.3 is 9.90 Å². The molecule has 1 N–H and O–H groups in total. The maximum absolute atomic E-state index is 10.2. The third kappa shape index (κ3) is 1.80. The molecule has 1 rings (SSSR count). The van der Waals surface area contributed by atoms with Crippen molar-refractivity contribution in [1.82, 2.24) is 10.2 Å². The number of aromatic carboxylic acids is 1. The van der Waals surface area contributed by atoms with Gasteiger partial charge in [0.1, 0.15) is 5.69 Å². The summed E-state index contributed by atoms with van der Waals surface area (Å²) in [6, 6.07) is 1.50. The van der Waals surface area contributed by atoms with Gasteiger partial charge in [-0.1, -0.05) is 13.3 Å². The summed E-state index contributed by atoms with van der Waals surface area (Å²) in [7, 11) is 0. The van der Waals surface area contributed by atoms with Crippen LogP contribution in [0, 0.1) is 0 Å². The van der Waals surface area contributed by atoms with Crippen molar-refractivity contribution in [1.29, 1.82) is 0 Å². The standard InChI is InChI=1S/C7H10N2O2/c1-2-3-5-4-6(7(10)11)9-8-5/h4H,2-3H2,1H3,(H,8,9)(H,10,11)/p-1. The first-order valence-corrected chi connectivity index (χ1v) is 3.49. The average molecular weight is 153 g/mol. The molecule has 0 saturated carbocycles. The summed E-state index contributed by atoms with van der Waals surface area (Å²) in [5.41, 5.74) is 0.820. The molecule has 0 atom stereocenters. The summed E-state index contributed by atoms with van der Waals surface area (Å²) < 4.78 is 0. The Labute approximate surface area is 64.2 Å². The molecule has 0 aromatic carbocycles. The Kier molecular flexibility index (Phi) is 2.25. The Bertz CT molecular complexity index is 255. The van der Waals surface area contributed by atoms with Crippen LogP contribution in [0.4, 0.5) is 0 Å². The van der Waals surface area contributed by atoms with Gasteiger partial charge in [-0.05, 0) is 12.5 Å². The molecule has 0 unspecified atom stereocenters. The second-order valence-electron chi connectivity index (χ2n) is 2.32. The highest BCUT2D eigenvalue weighted by atomic mass is 16.4. The largest absolute Gasteiger partial charge is 0.543 e. The molecule has 4 heteroatoms. The first kappa shape index (κ1) is 7.78. The van der Waals surface area contributed by atoms with E-state index in [1.165, 1.54) is 6.07 Å². The fourth-order valence-corrected chi connectivity index (χ4v) is 0.864. The summed E-state index contributed by atoms with van der Waals surface area (Å²) in [5, 5.41) is 16.4. The summed E-state index contributed by atoms with van der Waals surface area (Å²) in [6.07, 6.45) is 1.79. The van der Waals surface area contributed by atoms with E-state index in [-0.39, 0.29) is 5.69 Å². The van der Waals surface area contributed by atoms with Crippen LogP contribution in [-0.2, 0) is 6.42 Å². The number of carboxylic acid groups (broad SMARTS) is 1. The van der Waals surface area contributed by atoms with Crippen LogP contribution in [0.1, 0.15) is 29.5 Å². The van der Waals surface area contributed by atoms with Crippen molar-refractivity contribution in [3.63, 3.8) is 0 Å². The van der Waals surface area contributed by atoms with Gasteiger partial charge in [0.2, 0.25) is 0 Å². The third-order valence-corrected chi connectivity index (χ3v) is 1.36. The molecule has 60 valence electrons. The number of aromatic nitrogens is 2. The minimum absolute atomic E-state index is 0.0200. The summed E-state index contributed by atoms with van der Waals surface area (Å²) in [4.78, 5) is 10.2. The van der Waals surface area contributed by atoms with Gasteiger partial charge in [-0.3, -0.25) is 5.10 Å². The van der Waals surface area contributed by atoms with Crippen LogP contribution in [0.2, 0.25) is 0 Å². The molecule has 0 aliphatic heterocycles. The number of hydrogen-bond donors (Lipinski definition) is 1. The highest BCUT2D eigenvalue weighted by molar-refractivity contribution is 5.83. The minimum atomic E-state index is -1.23. The van der Waals surface area contributed by atoms with Gasteiger partial charge in [0.25, 0.3) is 0 Å². The zero-order chi connectivity index (χ0) is 8.27. The number of aryl methyl sites for hydroxylation is 1. The van der Waals surface area contributed by atoms with Crippen molar-refractivity contribution in [3.05, 3.63) is 17.5 Å². The monoisotopic (exact) mass is 153 g/mol. The normalized spacial score (nSPS) is 9.91. The number of aromatic amines is 1. The van der Waals surface area contributed by atoms with E-state index in [2.05, 4.69) is 10.2 Å². The van der Waals surface area contributed by atoms with Crippen molar-refractivity contribution in [2.75, 3.05) is 0 Å². The second-order valence-corrected chi connectivity index (χ2v) is 2.32. The molecule has 0 aliphatic carbocycles. The molecule has 1 heterocycles. The lowest BCUT2D eigenvalue weighted by molar-refractivity contribution is -0.255. The highest BCUT2D eigenvalue weighted by Gasteiger charge is 1.99. The van der Waals surface area contributed by atoms with E-state index in [0.29, 0.717) is 0 Å². The van der Waals surface area contributed by atoms with Crippen LogP contribution < -0.4 is 5.11 Å². The molecule has 0 saturated heterocycles. The van der Waals surface area contributed by atoms with E-state index in [1.807, 2.05) is 6.92 Å². The molecule has 1 aromatic heterocycles. The smallest absolute Gasteiger partial charge is 0.108 e. The SMILES string of the molecule is CCCc1cc(C(=O)[O-])n[nH]1. The van der Waals surface area contributed by atoms with E-state index >= 15 is 0 Å². The van der Waals surface area contributed by atoms with Gasteiger partial charge in [0.05, 0.1) is 5.97 Å². The van der Waals surface area contributed by atoms with E-state index in [4.69, 9.17) is 0 Å². The number of carbonyl (C=O) groups excluding carboxylic acids is 1. The molecular formula is C7H9N2O2-. The lowest BCUT2D eigenvalue weighted by Gasteiger charge is -1.91. The zero-order valence-electron chi connectivity index (χ0n) is 6.26. The number of carbonyl (C=O) groups is 1. The van der Waals surface area contributed by atoms with Crippen molar-refractivity contribution < 1.29 is 9.90 Å². The lowest BCUT2D eigenvalue weighted by atomic mass is 10.2. The van der Waals surface area contributed by atoms with Gasteiger partial charge in [0.15, 0.2) is 0 Å². The van der Waals surface area contributed by atoms with Gasteiger partial charge >= 0.3 is 0 Å². The van der Waals surface area contributed by atoms with Crippen molar-refractivity contribution >= 4 is 5.97 Å². The zero-order valence-corrected chi connectivity index (χ0v) is 6.26. The van der Waals surface area contributed by atoms with Crippen LogP contribution in [0.5, 0.6) is 0 Å². The maximum Gasteiger partial charge on any atom is 0.108 e. The molecular weight excluding hydrogens is 144 g/mol. The number of rotatable bonds is 3. The highest BCUT2D eigenvalue weighted by Crippen LogP contribution is 2.00. The van der Waals surface area contributed by atoms with Crippen LogP contribution in [0.25, 0.3) is 0 Å². The number of hydrogen-bond acceptors (Lipinski definition) is 3. The van der Waals surface area contributed by atoms with Gasteiger partial charge in [0, 0.05) is 5.69 Å². The third-order valence-electron chi connectivity index (χ3n) is 1.36. The molecule has 1 aromatic rings. The molecule has 11 heavy (non-hydrogen) atoms. The number of nitrogens with one attached hydrogen (secondary N) is 1. The summed E-state index contributed by atoms with van der Waals surface area (Å²) in [5.74, 6) is -1.23. The number of carboxylic acids is 1. The maximum atomic E-state index is 10.2. The quantitative estimate of drug-likeness (QED) is 0.649. The minimum Gasteiger partial charge on any atom is -0.543 e. The van der Waals surface area contributed by atoms with Crippen LogP contribution in [0.15, 0.2) is 6.07 Å². The molecule has 0 aliphatic rings. The number of H-pyrrole nitrogens is 1. The van der Waals surface area contributed by atoms with Gasteiger partial charge in [-0.15, -0.1) is 0 Å². The molecule has 0 amide bonds. The number of nitrogens with zero attached hydrogens (tertiary/aromatic N) is 1. The Morgan fingerprint density at radius 1 is 1.82 bits per heavy atom. The molecule has 0 bridgehead atoms. The first-order chi connectivity index (χ1) is 5.24. The van der Waals surface area contributed by atoms with Gasteiger partial charge in [-0.2, -0.15) is 5.10 Å². The first-order valence-electron chi connectivity index (χ1n) is 3.49. The van der Waals surface area contributed by atoms with Crippen LogP contribution in [-0.4, -0.2) is 16.2 Å². The summed E-state index contributed by atoms with van der Waals surface area (Å²) >= 11 is 0. The van der Waals surface area contributed by atoms with Crippen LogP contribution in [0.3, 0.4) is 0 Å². The lowest BCUT2D eigenvalue weighted by Crippen LogP contribution is -2.22. The van der Waals surface area contributed by atoms with Crippen molar-refractivity contribution in [3.8, 4) is 0 Å². The second kappa shape index (κ2) is 3.18. The Morgan fingerprint density at radius 3 is 3.00 bits per heavy atom. The Hall–Kier alpha value is -1.32. The van der Waals surface area contributed by atoms with E-state index in [1.54, 1.807) is 0 Å². The summed E-state index contributed by atoms with van der Waals surface area (Å²) in [6.45, 7) is 2.01. The van der Waals surface area contributed by atoms with E-state index in [9.17, 15) is 9.90 Å². The fraction of sp³-hybridized carbons (Fsp3) is 0.429. The predicted octanol–water partition coefficient (Wildman–Crippen LogP) is -0.274. The van der Waals surface area contributed by atoms with Crippen molar-refractivity contribution in [2.24, 2.45) is 0 Å². The average Bonchev–Trinajstić information content (AvgIpc) is 2.37.